The molecule has 12 heteroatoms. The second-order valence-corrected chi connectivity index (χ2v) is 5.88. The van der Waals surface area contributed by atoms with Gasteiger partial charge >= 0.3 is 0 Å². The molecule has 2 fully saturated rings. The van der Waals surface area contributed by atoms with E-state index in [1.807, 2.05) is 0 Å². The number of ether oxygens (including phenoxy) is 4. The van der Waals surface area contributed by atoms with Gasteiger partial charge in [-0.3, -0.25) is 0 Å². The van der Waals surface area contributed by atoms with Crippen molar-refractivity contribution in [2.45, 2.75) is 54.8 Å². The van der Waals surface area contributed by atoms with E-state index in [1.165, 1.54) is 0 Å². The van der Waals surface area contributed by atoms with Crippen molar-refractivity contribution in [2.24, 2.45) is 0 Å². The molecule has 0 unspecified atom stereocenters. The number of hydrogen-bond donors (Lipinski definition) is 8. The zero-order valence-electron chi connectivity index (χ0n) is 13.2. The molecule has 2 aliphatic rings. The van der Waals surface area contributed by atoms with Gasteiger partial charge in [0.05, 0.1) is 13.2 Å². The van der Waals surface area contributed by atoms with E-state index in [0.717, 1.165) is 0 Å². The normalized spacial score (nSPS) is 48.0. The predicted molar refractivity (Wildman–Crippen MR) is 74.6 cm³/mol. The molecule has 0 aromatic carbocycles. The minimum Gasteiger partial charge on any atom is -0.394 e. The lowest BCUT2D eigenvalue weighted by Crippen LogP contribution is -2.62. The van der Waals surface area contributed by atoms with Crippen LogP contribution in [0, 0.1) is 0 Å². The van der Waals surface area contributed by atoms with Gasteiger partial charge in [0.1, 0.15) is 56.1 Å². The average molecular weight is 372 g/mol. The molecule has 9 atom stereocenters. The molecule has 25 heavy (non-hydrogen) atoms. The first-order valence-electron chi connectivity index (χ1n) is 7.63. The fourth-order valence-electron chi connectivity index (χ4n) is 2.80. The molecule has 8 N–H and O–H groups in total. The smallest absolute Gasteiger partial charge is 0.224 e. The molecule has 2 heterocycles. The molecule has 2 saturated heterocycles. The first-order valence-corrected chi connectivity index (χ1v) is 7.63. The molecule has 12 nitrogen and oxygen atoms in total. The maximum atomic E-state index is 10.2. The molecule has 2 rings (SSSR count). The monoisotopic (exact) mass is 372 g/mol. The highest BCUT2D eigenvalue weighted by Gasteiger charge is 2.58. The van der Waals surface area contributed by atoms with Crippen LogP contribution in [0.3, 0.4) is 0 Å². The van der Waals surface area contributed by atoms with Crippen molar-refractivity contribution in [2.75, 3.05) is 26.6 Å². The topological polar surface area (TPSA) is 199 Å². The standard InChI is InChI=1S/C13H24O12/c14-1-5-7(17)9(19)10(20)12(23-5)25-13(3-22-4-16)11(21)8(18)6(2-15)24-13/h5-12,14-21H,1-4H2/t5-,6-,7-,8-,9+,10-,11+,12-,13+/m1/s1. The largest absolute Gasteiger partial charge is 0.394 e. The fourth-order valence-corrected chi connectivity index (χ4v) is 2.80. The third kappa shape index (κ3) is 3.95. The second kappa shape index (κ2) is 8.47. The van der Waals surface area contributed by atoms with Crippen LogP contribution in [0.5, 0.6) is 0 Å². The van der Waals surface area contributed by atoms with E-state index in [-0.39, 0.29) is 0 Å². The summed E-state index contributed by atoms with van der Waals surface area (Å²) in [7, 11) is 0. The average Bonchev–Trinajstić information content (AvgIpc) is 2.85. The highest BCUT2D eigenvalue weighted by atomic mass is 16.8. The Bertz CT molecular complexity index is 420. The summed E-state index contributed by atoms with van der Waals surface area (Å²) in [5.41, 5.74) is 0. The highest BCUT2D eigenvalue weighted by Crippen LogP contribution is 2.36. The van der Waals surface area contributed by atoms with Crippen molar-refractivity contribution < 1.29 is 59.8 Å². The molecule has 2 aliphatic heterocycles. The molecule has 0 bridgehead atoms. The summed E-state index contributed by atoms with van der Waals surface area (Å²) >= 11 is 0. The van der Waals surface area contributed by atoms with Crippen molar-refractivity contribution >= 4 is 0 Å². The Morgan fingerprint density at radius 3 is 1.96 bits per heavy atom. The first kappa shape index (κ1) is 20.8. The van der Waals surface area contributed by atoms with E-state index >= 15 is 0 Å². The summed E-state index contributed by atoms with van der Waals surface area (Å²) in [6.07, 6.45) is -12.7. The molecular formula is C13H24O12. The van der Waals surface area contributed by atoms with Crippen molar-refractivity contribution in [3.05, 3.63) is 0 Å². The van der Waals surface area contributed by atoms with E-state index in [1.54, 1.807) is 0 Å². The summed E-state index contributed by atoms with van der Waals surface area (Å²) in [6, 6.07) is 0. The van der Waals surface area contributed by atoms with Crippen molar-refractivity contribution in [3.8, 4) is 0 Å². The van der Waals surface area contributed by atoms with Gasteiger partial charge in [-0.15, -0.1) is 0 Å². The van der Waals surface area contributed by atoms with Crippen molar-refractivity contribution in [1.82, 2.24) is 0 Å². The van der Waals surface area contributed by atoms with Crippen LogP contribution in [0.15, 0.2) is 0 Å². The van der Waals surface area contributed by atoms with Gasteiger partial charge in [0.15, 0.2) is 6.29 Å². The van der Waals surface area contributed by atoms with Crippen molar-refractivity contribution in [1.29, 1.82) is 0 Å². The summed E-state index contributed by atoms with van der Waals surface area (Å²) in [6.45, 7) is -2.77. The van der Waals surface area contributed by atoms with Crippen LogP contribution in [-0.2, 0) is 18.9 Å². The van der Waals surface area contributed by atoms with Gasteiger partial charge in [0, 0.05) is 0 Å². The Kier molecular flexibility index (Phi) is 7.06. The van der Waals surface area contributed by atoms with Crippen LogP contribution in [0.4, 0.5) is 0 Å². The number of rotatable bonds is 7. The number of hydrogen-bond acceptors (Lipinski definition) is 12. The van der Waals surface area contributed by atoms with Crippen molar-refractivity contribution in [3.63, 3.8) is 0 Å². The van der Waals surface area contributed by atoms with Gasteiger partial charge in [-0.05, 0) is 0 Å². The number of aliphatic hydroxyl groups excluding tert-OH is 8. The van der Waals surface area contributed by atoms with Crippen LogP contribution in [0.1, 0.15) is 0 Å². The van der Waals surface area contributed by atoms with Crippen LogP contribution < -0.4 is 0 Å². The van der Waals surface area contributed by atoms with Crippen LogP contribution in [0.25, 0.3) is 0 Å². The summed E-state index contributed by atoms with van der Waals surface area (Å²) < 4.78 is 20.6. The van der Waals surface area contributed by atoms with E-state index in [9.17, 15) is 35.7 Å². The van der Waals surface area contributed by atoms with E-state index in [4.69, 9.17) is 24.1 Å². The fraction of sp³-hybridized carbons (Fsp3) is 1.00. The molecule has 0 saturated carbocycles. The zero-order valence-corrected chi connectivity index (χ0v) is 13.2. The second-order valence-electron chi connectivity index (χ2n) is 5.88. The molecule has 0 radical (unpaired) electrons. The Morgan fingerprint density at radius 2 is 1.44 bits per heavy atom. The Balaban J connectivity index is 2.22. The van der Waals surface area contributed by atoms with Gasteiger partial charge in [-0.25, -0.2) is 0 Å². The SMILES string of the molecule is OCOC[C@@]1(O[C@H]2O[C@H](CO)[C@@H](O)[C@H](O)[C@H]2O)O[C@H](CO)[C@@H](O)[C@@H]1O. The molecule has 148 valence electrons. The van der Waals surface area contributed by atoms with Gasteiger partial charge in [-0.1, -0.05) is 0 Å². The molecule has 0 aliphatic carbocycles. The first-order chi connectivity index (χ1) is 11.8. The molecule has 0 amide bonds. The minimum absolute atomic E-state index is 0.618. The molecular weight excluding hydrogens is 348 g/mol. The molecule has 0 aromatic rings. The lowest BCUT2D eigenvalue weighted by molar-refractivity contribution is -0.387. The number of aliphatic hydroxyl groups is 8. The lowest BCUT2D eigenvalue weighted by atomic mass is 9.99. The van der Waals surface area contributed by atoms with Crippen LogP contribution in [0.2, 0.25) is 0 Å². The van der Waals surface area contributed by atoms with Crippen LogP contribution in [-0.4, -0.2) is 122 Å². The van der Waals surface area contributed by atoms with Gasteiger partial charge < -0.3 is 59.8 Å². The van der Waals surface area contributed by atoms with Gasteiger partial charge in [-0.2, -0.15) is 0 Å². The molecule has 0 spiro atoms. The third-order valence-corrected chi connectivity index (χ3v) is 4.24. The van der Waals surface area contributed by atoms with Gasteiger partial charge in [0.25, 0.3) is 0 Å². The molecule has 0 aromatic heterocycles. The highest BCUT2D eigenvalue weighted by molar-refractivity contribution is 4.98. The maximum Gasteiger partial charge on any atom is 0.224 e. The van der Waals surface area contributed by atoms with E-state index in [2.05, 4.69) is 0 Å². The van der Waals surface area contributed by atoms with E-state index < -0.39 is 81.4 Å². The summed E-state index contributed by atoms with van der Waals surface area (Å²) in [5, 5.41) is 76.9. The lowest BCUT2D eigenvalue weighted by Gasteiger charge is -2.43. The quantitative estimate of drug-likeness (QED) is 0.198. The maximum absolute atomic E-state index is 10.2. The predicted octanol–water partition coefficient (Wildman–Crippen LogP) is -5.42. The summed E-state index contributed by atoms with van der Waals surface area (Å²) in [4.78, 5) is 0. The Hall–Kier alpha value is -0.480. The Morgan fingerprint density at radius 1 is 0.800 bits per heavy atom. The minimum atomic E-state index is -2.15. The zero-order chi connectivity index (χ0) is 18.8. The summed E-state index contributed by atoms with van der Waals surface area (Å²) in [5.74, 6) is -2.15. The van der Waals surface area contributed by atoms with Crippen LogP contribution >= 0.6 is 0 Å². The Labute approximate surface area is 142 Å². The van der Waals surface area contributed by atoms with Gasteiger partial charge in [0.2, 0.25) is 5.79 Å². The third-order valence-electron chi connectivity index (χ3n) is 4.24. The van der Waals surface area contributed by atoms with E-state index in [0.29, 0.717) is 0 Å².